The quantitative estimate of drug-likeness (QED) is 0.249. The minimum absolute atomic E-state index is 0.0277. The van der Waals surface area contributed by atoms with Crippen molar-refractivity contribution in [2.75, 3.05) is 6.67 Å². The summed E-state index contributed by atoms with van der Waals surface area (Å²) in [6, 6.07) is 14.1. The summed E-state index contributed by atoms with van der Waals surface area (Å²) in [6.45, 7) is 5.79. The summed E-state index contributed by atoms with van der Waals surface area (Å²) in [5.41, 5.74) is 5.48. The molecule has 2 aromatic carbocycles. The molecule has 0 unspecified atom stereocenters. The van der Waals surface area contributed by atoms with Crippen LogP contribution in [0.3, 0.4) is 0 Å². The lowest BCUT2D eigenvalue weighted by atomic mass is 9.90. The summed E-state index contributed by atoms with van der Waals surface area (Å²) in [4.78, 5) is 36.9. The number of hydrogen-bond acceptors (Lipinski definition) is 5. The molecule has 34 heavy (non-hydrogen) atoms. The van der Waals surface area contributed by atoms with Gasteiger partial charge in [0.15, 0.2) is 0 Å². The van der Waals surface area contributed by atoms with Gasteiger partial charge in [-0.15, -0.1) is 0 Å². The van der Waals surface area contributed by atoms with E-state index >= 15 is 0 Å². The smallest absolute Gasteiger partial charge is 0.241 e. The molecule has 2 aromatic rings. The molecule has 7 nitrogen and oxygen atoms in total. The summed E-state index contributed by atoms with van der Waals surface area (Å²) >= 11 is 0. The fraction of sp³-hybridized carbons (Fsp3) is 0.423. The molecule has 8 heteroatoms. The Balaban J connectivity index is 2.20. The van der Waals surface area contributed by atoms with Gasteiger partial charge >= 0.3 is 0 Å². The van der Waals surface area contributed by atoms with Crippen LogP contribution in [0.15, 0.2) is 54.6 Å². The number of nitrogens with two attached hydrogens (primary N) is 1. The molecule has 0 radical (unpaired) electrons. The molecule has 3 atom stereocenters. The monoisotopic (exact) mass is 470 g/mol. The maximum absolute atomic E-state index is 14.4. The van der Waals surface area contributed by atoms with Crippen molar-refractivity contribution in [3.63, 3.8) is 0 Å². The number of rotatable bonds is 14. The van der Waals surface area contributed by atoms with Gasteiger partial charge in [-0.3, -0.25) is 20.2 Å². The average molecular weight is 471 g/mol. The van der Waals surface area contributed by atoms with Crippen molar-refractivity contribution in [2.24, 2.45) is 11.7 Å². The first-order valence-electron chi connectivity index (χ1n) is 11.5. The lowest BCUT2D eigenvalue weighted by Gasteiger charge is -2.32. The van der Waals surface area contributed by atoms with Crippen molar-refractivity contribution in [2.45, 2.75) is 57.7 Å². The van der Waals surface area contributed by atoms with Crippen LogP contribution in [0.2, 0.25) is 0 Å². The summed E-state index contributed by atoms with van der Waals surface area (Å²) in [5.74, 6) is -1.28. The molecule has 0 saturated heterocycles. The van der Waals surface area contributed by atoms with Gasteiger partial charge in [-0.05, 0) is 36.5 Å². The highest BCUT2D eigenvalue weighted by atomic mass is 19.1. The van der Waals surface area contributed by atoms with Crippen LogP contribution in [0.1, 0.15) is 38.3 Å². The summed E-state index contributed by atoms with van der Waals surface area (Å²) < 4.78 is 14.4. The van der Waals surface area contributed by atoms with E-state index in [4.69, 9.17) is 5.73 Å². The third-order valence-corrected chi connectivity index (χ3v) is 5.67. The predicted octanol–water partition coefficient (Wildman–Crippen LogP) is 2.09. The summed E-state index contributed by atoms with van der Waals surface area (Å²) in [6.07, 6.45) is 1.73. The molecular formula is C26H35FN4O3. The van der Waals surface area contributed by atoms with E-state index in [0.717, 1.165) is 11.8 Å². The van der Waals surface area contributed by atoms with E-state index in [0.29, 0.717) is 17.9 Å². The van der Waals surface area contributed by atoms with Crippen LogP contribution < -0.4 is 21.7 Å². The first kappa shape index (κ1) is 27.1. The van der Waals surface area contributed by atoms with Crippen molar-refractivity contribution < 1.29 is 18.8 Å². The van der Waals surface area contributed by atoms with Crippen molar-refractivity contribution in [3.05, 3.63) is 71.5 Å². The van der Waals surface area contributed by atoms with Crippen molar-refractivity contribution >= 4 is 18.1 Å². The summed E-state index contributed by atoms with van der Waals surface area (Å²) in [5, 5.41) is 8.93. The average Bonchev–Trinajstić information content (AvgIpc) is 2.79. The second kappa shape index (κ2) is 13.0. The maximum Gasteiger partial charge on any atom is 0.241 e. The molecule has 0 spiro atoms. The van der Waals surface area contributed by atoms with Crippen LogP contribution in [-0.2, 0) is 27.2 Å². The molecule has 184 valence electrons. The number of amides is 2. The molecule has 2 amide bonds. The highest BCUT2D eigenvalue weighted by molar-refractivity contribution is 5.91. The zero-order valence-corrected chi connectivity index (χ0v) is 20.0. The number of carbonyl (C=O) groups excluding carboxylic acids is 3. The highest BCUT2D eigenvalue weighted by Gasteiger charge is 2.36. The Morgan fingerprint density at radius 2 is 1.74 bits per heavy atom. The van der Waals surface area contributed by atoms with Crippen molar-refractivity contribution in [1.82, 2.24) is 16.0 Å². The number of primary amides is 1. The van der Waals surface area contributed by atoms with Crippen LogP contribution in [0.4, 0.5) is 4.39 Å². The van der Waals surface area contributed by atoms with Crippen LogP contribution >= 0.6 is 0 Å². The molecule has 0 bridgehead atoms. The zero-order valence-electron chi connectivity index (χ0n) is 20.0. The van der Waals surface area contributed by atoms with E-state index in [1.165, 1.54) is 6.07 Å². The van der Waals surface area contributed by atoms with Gasteiger partial charge in [-0.1, -0.05) is 62.4 Å². The van der Waals surface area contributed by atoms with Gasteiger partial charge in [-0.2, -0.15) is 0 Å². The number of hydrogen-bond donors (Lipinski definition) is 4. The molecule has 0 heterocycles. The Bertz CT molecular complexity index is 954. The zero-order chi connectivity index (χ0) is 25.1. The second-order valence-corrected chi connectivity index (χ2v) is 9.15. The third-order valence-electron chi connectivity index (χ3n) is 5.67. The molecule has 2 rings (SSSR count). The minimum atomic E-state index is -1.29. The lowest BCUT2D eigenvalue weighted by Crippen LogP contribution is -2.62. The molecule has 0 fully saturated rings. The Labute approximate surface area is 200 Å². The number of carbonyl (C=O) groups is 3. The van der Waals surface area contributed by atoms with Gasteiger partial charge < -0.3 is 15.8 Å². The normalized spacial score (nSPS) is 14.7. The standard InChI is InChI=1S/C26H35FN4O3/c1-18(2)13-21(16-32)29-17-30-26(3,15-20-11-7-8-12-22(20)27)25(34)31-23(24(28)33)14-19-9-5-4-6-10-19/h4-12,16,18,21,23,29-30H,13-15,17H2,1-3H3,(H2,28,33)(H,31,34)/t21-,23-,26-/m0/s1. The first-order chi connectivity index (χ1) is 16.1. The maximum atomic E-state index is 14.4. The number of halogens is 1. The van der Waals surface area contributed by atoms with Gasteiger partial charge in [0, 0.05) is 19.5 Å². The van der Waals surface area contributed by atoms with Gasteiger partial charge in [0.05, 0.1) is 6.04 Å². The SMILES string of the molecule is CC(C)C[C@@H](C=O)NCN[C@@](C)(Cc1ccccc1F)C(=O)N[C@@H](Cc1ccccc1)C(N)=O. The number of aldehydes is 1. The van der Waals surface area contributed by atoms with Crippen molar-refractivity contribution in [3.8, 4) is 0 Å². The summed E-state index contributed by atoms with van der Waals surface area (Å²) in [7, 11) is 0. The van der Waals surface area contributed by atoms with E-state index < -0.39 is 29.2 Å². The lowest BCUT2D eigenvalue weighted by molar-refractivity contribution is -0.131. The fourth-order valence-electron chi connectivity index (χ4n) is 3.71. The highest BCUT2D eigenvalue weighted by Crippen LogP contribution is 2.17. The van der Waals surface area contributed by atoms with Gasteiger partial charge in [-0.25, -0.2) is 4.39 Å². The Kier molecular flexibility index (Phi) is 10.3. The topological polar surface area (TPSA) is 113 Å². The van der Waals surface area contributed by atoms with E-state index in [1.807, 2.05) is 44.2 Å². The Hall–Kier alpha value is -3.10. The van der Waals surface area contributed by atoms with Crippen LogP contribution in [-0.4, -0.2) is 42.4 Å². The predicted molar refractivity (Wildman–Crippen MR) is 130 cm³/mol. The van der Waals surface area contributed by atoms with Gasteiger partial charge in [0.25, 0.3) is 0 Å². The Morgan fingerprint density at radius 1 is 1.09 bits per heavy atom. The molecule has 5 N–H and O–H groups in total. The minimum Gasteiger partial charge on any atom is -0.368 e. The molecular weight excluding hydrogens is 435 g/mol. The van der Waals surface area contributed by atoms with Gasteiger partial charge in [0.1, 0.15) is 23.7 Å². The fourth-order valence-corrected chi connectivity index (χ4v) is 3.71. The molecule has 0 aromatic heterocycles. The number of nitrogens with one attached hydrogen (secondary N) is 3. The van der Waals surface area contributed by atoms with Crippen molar-refractivity contribution in [1.29, 1.82) is 0 Å². The first-order valence-corrected chi connectivity index (χ1v) is 11.5. The largest absolute Gasteiger partial charge is 0.368 e. The third kappa shape index (κ3) is 8.35. The van der Waals surface area contributed by atoms with Crippen LogP contribution in [0.5, 0.6) is 0 Å². The van der Waals surface area contributed by atoms with Gasteiger partial charge in [0.2, 0.25) is 11.8 Å². The van der Waals surface area contributed by atoms with Crippen LogP contribution in [0.25, 0.3) is 0 Å². The molecule has 0 aliphatic carbocycles. The number of benzene rings is 2. The van der Waals surface area contributed by atoms with Crippen LogP contribution in [0, 0.1) is 11.7 Å². The molecule has 0 aliphatic rings. The van der Waals surface area contributed by atoms with E-state index in [9.17, 15) is 18.8 Å². The van der Waals surface area contributed by atoms with E-state index in [2.05, 4.69) is 16.0 Å². The molecule has 0 saturated carbocycles. The van der Waals surface area contributed by atoms with E-state index in [1.54, 1.807) is 25.1 Å². The Morgan fingerprint density at radius 3 is 2.32 bits per heavy atom. The second-order valence-electron chi connectivity index (χ2n) is 9.15. The molecule has 0 aliphatic heterocycles. The van der Waals surface area contributed by atoms with E-state index in [-0.39, 0.29) is 25.6 Å².